The second-order valence-electron chi connectivity index (χ2n) is 14.9. The van der Waals surface area contributed by atoms with Crippen molar-refractivity contribution in [2.45, 2.75) is 85.2 Å². The Balaban J connectivity index is 1.37. The fourth-order valence-corrected chi connectivity index (χ4v) is 6.36. The molecule has 2 aromatic rings. The first-order valence-electron chi connectivity index (χ1n) is 16.5. The molecule has 47 heavy (non-hydrogen) atoms. The molecular weight excluding hydrogens is 600 g/mol. The van der Waals surface area contributed by atoms with Crippen molar-refractivity contribution in [2.24, 2.45) is 5.41 Å². The Kier molecular flexibility index (Phi) is 10.2. The van der Waals surface area contributed by atoms with Gasteiger partial charge in [0.25, 0.3) is 0 Å². The fourth-order valence-electron chi connectivity index (χ4n) is 6.36. The zero-order valence-corrected chi connectivity index (χ0v) is 28.9. The van der Waals surface area contributed by atoms with Crippen LogP contribution in [-0.2, 0) is 27.4 Å². The smallest absolute Gasteiger partial charge is 0.410 e. The number of methoxy groups -OCH3 is 1. The van der Waals surface area contributed by atoms with E-state index in [9.17, 15) is 14.4 Å². The summed E-state index contributed by atoms with van der Waals surface area (Å²) in [6, 6.07) is 13.1. The van der Waals surface area contributed by atoms with Crippen LogP contribution >= 0.6 is 0 Å². The van der Waals surface area contributed by atoms with Gasteiger partial charge >= 0.3 is 6.09 Å². The molecule has 0 unspecified atom stereocenters. The summed E-state index contributed by atoms with van der Waals surface area (Å²) in [4.78, 5) is 48.6. The van der Waals surface area contributed by atoms with E-state index in [-0.39, 0.29) is 36.2 Å². The Morgan fingerprint density at radius 1 is 0.872 bits per heavy atom. The average molecular weight is 651 g/mol. The monoisotopic (exact) mass is 650 g/mol. The molecule has 0 saturated carbocycles. The maximum absolute atomic E-state index is 14.3. The molecule has 2 saturated heterocycles. The van der Waals surface area contributed by atoms with E-state index in [0.717, 1.165) is 16.9 Å². The van der Waals surface area contributed by atoms with E-state index in [1.165, 1.54) is 0 Å². The lowest BCUT2D eigenvalue weighted by Crippen LogP contribution is -2.55. The highest BCUT2D eigenvalue weighted by molar-refractivity contribution is 5.83. The second-order valence-corrected chi connectivity index (χ2v) is 14.9. The molecule has 11 heteroatoms. The molecule has 2 atom stereocenters. The van der Waals surface area contributed by atoms with Gasteiger partial charge in [0.1, 0.15) is 11.4 Å². The first-order chi connectivity index (χ1) is 22.2. The fraction of sp³-hybridized carbons (Fsp3) is 0.583. The topological polar surface area (TPSA) is 101 Å². The molecule has 5 rings (SSSR count). The molecule has 3 aliphatic heterocycles. The molecule has 0 radical (unpaired) electrons. The number of benzene rings is 2. The molecule has 3 aliphatic rings. The van der Waals surface area contributed by atoms with Gasteiger partial charge < -0.3 is 33.6 Å². The van der Waals surface area contributed by atoms with Crippen molar-refractivity contribution in [3.05, 3.63) is 53.6 Å². The number of amides is 3. The molecule has 256 valence electrons. The van der Waals surface area contributed by atoms with Crippen LogP contribution in [0.25, 0.3) is 0 Å². The van der Waals surface area contributed by atoms with Gasteiger partial charge in [-0.05, 0) is 68.0 Å². The van der Waals surface area contributed by atoms with Gasteiger partial charge in [-0.1, -0.05) is 39.0 Å². The molecule has 11 nitrogen and oxygen atoms in total. The van der Waals surface area contributed by atoms with Crippen LogP contribution in [0.15, 0.2) is 42.5 Å². The first kappa shape index (κ1) is 34.3. The molecule has 3 amide bonds. The first-order valence-corrected chi connectivity index (χ1v) is 16.5. The van der Waals surface area contributed by atoms with Crippen molar-refractivity contribution in [1.82, 2.24) is 19.6 Å². The Hall–Kier alpha value is -3.99. The number of piperazine rings is 1. The lowest BCUT2D eigenvalue weighted by molar-refractivity contribution is -0.138. The molecule has 0 bridgehead atoms. The van der Waals surface area contributed by atoms with Crippen LogP contribution in [0.3, 0.4) is 0 Å². The zero-order valence-electron chi connectivity index (χ0n) is 28.9. The Labute approximate surface area is 278 Å². The quantitative estimate of drug-likeness (QED) is 0.398. The lowest BCUT2D eigenvalue weighted by atomic mass is 9.91. The Morgan fingerprint density at radius 2 is 1.51 bits per heavy atom. The van der Waals surface area contributed by atoms with Crippen LogP contribution in [-0.4, -0.2) is 102 Å². The van der Waals surface area contributed by atoms with Gasteiger partial charge in [0.15, 0.2) is 11.5 Å². The summed E-state index contributed by atoms with van der Waals surface area (Å²) in [5, 5.41) is 0. The SMILES string of the molecule is COc1ccc(CN(C(=O)CC(C)(C)C)[C@@H]2C[C@@H](C(=O)N3CCN(C(=O)OC(C)(C)C)CC3)N(Cc3ccc4c(c3)OCO4)C2)cc1. The van der Waals surface area contributed by atoms with E-state index in [2.05, 4.69) is 25.7 Å². The van der Waals surface area contributed by atoms with E-state index in [1.807, 2.05) is 73.0 Å². The van der Waals surface area contributed by atoms with Gasteiger partial charge in [-0.2, -0.15) is 0 Å². The summed E-state index contributed by atoms with van der Waals surface area (Å²) in [6.45, 7) is 15.1. The number of hydrogen-bond acceptors (Lipinski definition) is 8. The maximum Gasteiger partial charge on any atom is 0.410 e. The van der Waals surface area contributed by atoms with Crippen molar-refractivity contribution >= 4 is 17.9 Å². The van der Waals surface area contributed by atoms with Crippen LogP contribution in [0.2, 0.25) is 0 Å². The Bertz CT molecular complexity index is 1420. The van der Waals surface area contributed by atoms with Crippen molar-refractivity contribution in [3.63, 3.8) is 0 Å². The molecule has 2 aromatic carbocycles. The third-order valence-electron chi connectivity index (χ3n) is 8.69. The van der Waals surface area contributed by atoms with E-state index >= 15 is 0 Å². The summed E-state index contributed by atoms with van der Waals surface area (Å²) in [7, 11) is 1.63. The predicted octanol–water partition coefficient (Wildman–Crippen LogP) is 4.91. The summed E-state index contributed by atoms with van der Waals surface area (Å²) in [5.74, 6) is 2.25. The molecular formula is C36H50N4O7. The summed E-state index contributed by atoms with van der Waals surface area (Å²) < 4.78 is 22.1. The maximum atomic E-state index is 14.3. The summed E-state index contributed by atoms with van der Waals surface area (Å²) in [5.41, 5.74) is 1.23. The highest BCUT2D eigenvalue weighted by atomic mass is 16.7. The highest BCUT2D eigenvalue weighted by Gasteiger charge is 2.43. The molecule has 0 aromatic heterocycles. The zero-order chi connectivity index (χ0) is 33.9. The normalized spacial score (nSPS) is 19.9. The number of likely N-dealkylation sites (tertiary alicyclic amines) is 1. The van der Waals surface area contributed by atoms with E-state index < -0.39 is 11.6 Å². The van der Waals surface area contributed by atoms with E-state index in [4.69, 9.17) is 18.9 Å². The van der Waals surface area contributed by atoms with Gasteiger partial charge in [0.05, 0.1) is 13.2 Å². The van der Waals surface area contributed by atoms with Crippen LogP contribution in [0.5, 0.6) is 17.2 Å². The number of hydrogen-bond donors (Lipinski definition) is 0. The minimum atomic E-state index is -0.583. The van der Waals surface area contributed by atoms with Crippen LogP contribution in [0.1, 0.15) is 65.5 Å². The van der Waals surface area contributed by atoms with Crippen molar-refractivity contribution in [1.29, 1.82) is 0 Å². The van der Waals surface area contributed by atoms with Crippen molar-refractivity contribution in [3.8, 4) is 17.2 Å². The minimum absolute atomic E-state index is 0.0183. The highest BCUT2D eigenvalue weighted by Crippen LogP contribution is 2.35. The van der Waals surface area contributed by atoms with Gasteiger partial charge in [-0.3, -0.25) is 14.5 Å². The summed E-state index contributed by atoms with van der Waals surface area (Å²) >= 11 is 0. The number of nitrogens with zero attached hydrogens (tertiary/aromatic N) is 4. The number of fused-ring (bicyclic) bond motifs is 1. The number of carbonyl (C=O) groups is 3. The average Bonchev–Trinajstić information content (AvgIpc) is 3.65. The summed E-state index contributed by atoms with van der Waals surface area (Å²) in [6.07, 6.45) is 0.552. The van der Waals surface area contributed by atoms with Gasteiger partial charge in [0, 0.05) is 58.3 Å². The Morgan fingerprint density at radius 3 is 2.15 bits per heavy atom. The van der Waals surface area contributed by atoms with Gasteiger partial charge in [0.2, 0.25) is 18.6 Å². The second kappa shape index (κ2) is 14.0. The molecule has 0 N–H and O–H groups in total. The third-order valence-corrected chi connectivity index (χ3v) is 8.69. The van der Waals surface area contributed by atoms with Crippen LogP contribution < -0.4 is 14.2 Å². The van der Waals surface area contributed by atoms with Crippen LogP contribution in [0.4, 0.5) is 4.79 Å². The number of ether oxygens (including phenoxy) is 4. The van der Waals surface area contributed by atoms with Gasteiger partial charge in [-0.25, -0.2) is 4.79 Å². The molecule has 2 fully saturated rings. The predicted molar refractivity (Wildman–Crippen MR) is 177 cm³/mol. The van der Waals surface area contributed by atoms with E-state index in [1.54, 1.807) is 12.0 Å². The standard InChI is InChI=1S/C36H50N4O7/c1-35(2,3)20-32(41)40(22-25-8-11-28(44-7)12-9-25)27-19-29(39(23-27)21-26-10-13-30-31(18-26)46-24-45-30)33(42)37-14-16-38(17-15-37)34(43)47-36(4,5)6/h8-13,18,27,29H,14-17,19-24H2,1-7H3/t27-,29+/m1/s1. The van der Waals surface area contributed by atoms with Crippen molar-refractivity contribution < 1.29 is 33.3 Å². The van der Waals surface area contributed by atoms with Crippen molar-refractivity contribution in [2.75, 3.05) is 46.6 Å². The lowest BCUT2D eigenvalue weighted by Gasteiger charge is -2.37. The molecule has 0 aliphatic carbocycles. The number of carbonyl (C=O) groups excluding carboxylic acids is 3. The molecule has 0 spiro atoms. The number of rotatable bonds is 8. The minimum Gasteiger partial charge on any atom is -0.497 e. The third kappa shape index (κ3) is 8.88. The molecule has 3 heterocycles. The van der Waals surface area contributed by atoms with E-state index in [0.29, 0.717) is 70.2 Å². The largest absolute Gasteiger partial charge is 0.497 e. The van der Waals surface area contributed by atoms with Crippen LogP contribution in [0, 0.1) is 5.41 Å². The van der Waals surface area contributed by atoms with Gasteiger partial charge in [-0.15, -0.1) is 0 Å².